The fraction of sp³-hybridized carbons (Fsp3) is 0.688. The van der Waals surface area contributed by atoms with Crippen LogP contribution in [0, 0.1) is 0 Å². The third kappa shape index (κ3) is 9.87. The Morgan fingerprint density at radius 1 is 0.967 bits per heavy atom. The van der Waals surface area contributed by atoms with Crippen LogP contribution in [0.15, 0.2) is 0 Å². The second kappa shape index (κ2) is 13.7. The van der Waals surface area contributed by atoms with E-state index >= 15 is 0 Å². The van der Waals surface area contributed by atoms with E-state index in [1.807, 2.05) is 0 Å². The van der Waals surface area contributed by atoms with Crippen molar-refractivity contribution in [2.24, 2.45) is 5.73 Å². The van der Waals surface area contributed by atoms with Crippen molar-refractivity contribution in [2.45, 2.75) is 50.0 Å². The smallest absolute Gasteiger partial charge is 0.326 e. The molecule has 0 saturated heterocycles. The lowest BCUT2D eigenvalue weighted by molar-refractivity contribution is -0.144. The summed E-state index contributed by atoms with van der Waals surface area (Å²) < 4.78 is 0. The van der Waals surface area contributed by atoms with Crippen molar-refractivity contribution >= 4 is 41.4 Å². The molecule has 13 nitrogen and oxygen atoms in total. The van der Waals surface area contributed by atoms with Gasteiger partial charge in [-0.1, -0.05) is 0 Å². The van der Waals surface area contributed by atoms with Gasteiger partial charge in [0.1, 0.15) is 24.2 Å². The van der Waals surface area contributed by atoms with E-state index in [4.69, 9.17) is 15.9 Å². The molecule has 0 saturated carbocycles. The molecule has 5 atom stereocenters. The quantitative estimate of drug-likeness (QED) is 0.129. The van der Waals surface area contributed by atoms with Crippen molar-refractivity contribution in [3.63, 3.8) is 0 Å². The van der Waals surface area contributed by atoms with Gasteiger partial charge in [-0.05, 0) is 25.4 Å². The first-order valence-corrected chi connectivity index (χ1v) is 10.2. The number of amides is 3. The summed E-state index contributed by atoms with van der Waals surface area (Å²) >= 11 is 1.35. The van der Waals surface area contributed by atoms with E-state index in [1.54, 1.807) is 6.26 Å². The Kier molecular flexibility index (Phi) is 12.6. The Labute approximate surface area is 176 Å². The van der Waals surface area contributed by atoms with Crippen LogP contribution < -0.4 is 21.7 Å². The van der Waals surface area contributed by atoms with Gasteiger partial charge >= 0.3 is 11.9 Å². The van der Waals surface area contributed by atoms with Crippen LogP contribution in [0.3, 0.4) is 0 Å². The van der Waals surface area contributed by atoms with E-state index in [0.29, 0.717) is 5.75 Å². The molecule has 0 bridgehead atoms. The van der Waals surface area contributed by atoms with E-state index < -0.39 is 73.0 Å². The van der Waals surface area contributed by atoms with Crippen LogP contribution in [0.2, 0.25) is 0 Å². The van der Waals surface area contributed by atoms with Crippen LogP contribution >= 0.6 is 11.8 Å². The van der Waals surface area contributed by atoms with Crippen LogP contribution in [0.1, 0.15) is 19.8 Å². The number of rotatable bonds is 14. The molecule has 0 fully saturated rings. The van der Waals surface area contributed by atoms with Crippen LogP contribution in [0.4, 0.5) is 0 Å². The zero-order valence-corrected chi connectivity index (χ0v) is 17.3. The topological polar surface area (TPSA) is 228 Å². The fourth-order valence-electron chi connectivity index (χ4n) is 2.16. The lowest BCUT2D eigenvalue weighted by atomic mass is 10.1. The van der Waals surface area contributed by atoms with E-state index in [1.165, 1.54) is 11.8 Å². The molecule has 30 heavy (non-hydrogen) atoms. The van der Waals surface area contributed by atoms with Gasteiger partial charge in [-0.15, -0.1) is 0 Å². The summed E-state index contributed by atoms with van der Waals surface area (Å²) in [5.41, 5.74) is 5.33. The highest BCUT2D eigenvalue weighted by atomic mass is 32.2. The Morgan fingerprint density at radius 3 is 1.97 bits per heavy atom. The first-order chi connectivity index (χ1) is 13.9. The molecule has 0 aliphatic rings. The molecule has 0 aromatic rings. The number of thioether (sulfide) groups is 1. The lowest BCUT2D eigenvalue weighted by Crippen LogP contribution is -2.60. The zero-order valence-electron chi connectivity index (χ0n) is 16.5. The van der Waals surface area contributed by atoms with Gasteiger partial charge < -0.3 is 42.1 Å². The fourth-order valence-corrected chi connectivity index (χ4v) is 2.63. The van der Waals surface area contributed by atoms with Gasteiger partial charge in [0.2, 0.25) is 17.7 Å². The summed E-state index contributed by atoms with van der Waals surface area (Å²) in [6, 6.07) is -5.94. The van der Waals surface area contributed by atoms with Crippen molar-refractivity contribution in [2.75, 3.05) is 18.6 Å². The number of aliphatic carboxylic acids is 2. The molecular weight excluding hydrogens is 424 g/mol. The van der Waals surface area contributed by atoms with Gasteiger partial charge in [0.05, 0.1) is 19.1 Å². The number of nitrogens with two attached hydrogens (primary N) is 1. The Bertz CT molecular complexity index is 632. The number of nitrogens with one attached hydrogen (secondary N) is 3. The molecule has 3 amide bonds. The van der Waals surface area contributed by atoms with Gasteiger partial charge in [-0.2, -0.15) is 11.8 Å². The van der Waals surface area contributed by atoms with Crippen molar-refractivity contribution in [1.29, 1.82) is 0 Å². The molecule has 0 aromatic heterocycles. The summed E-state index contributed by atoms with van der Waals surface area (Å²) in [5.74, 6) is -5.48. The van der Waals surface area contributed by atoms with E-state index in [0.717, 1.165) is 6.92 Å². The average Bonchev–Trinajstić information content (AvgIpc) is 2.66. The molecule has 0 spiro atoms. The molecule has 0 heterocycles. The standard InChI is InChI=1S/C16H28N4O9S/c1-7(22)12(20-13(25)8(17)6-21)15(27)19-10(5-11(23)24)14(26)18-9(16(28)29)3-4-30-2/h7-10,12,21-22H,3-6,17H2,1-2H3,(H,18,26)(H,19,27)(H,20,25)(H,23,24)(H,28,29). The van der Waals surface area contributed by atoms with E-state index in [9.17, 15) is 34.2 Å². The monoisotopic (exact) mass is 452 g/mol. The summed E-state index contributed by atoms with van der Waals surface area (Å²) in [5, 5.41) is 43.2. The maximum absolute atomic E-state index is 12.4. The third-order valence-corrected chi connectivity index (χ3v) is 4.48. The zero-order chi connectivity index (χ0) is 23.4. The van der Waals surface area contributed by atoms with Crippen molar-refractivity contribution in [1.82, 2.24) is 16.0 Å². The molecule has 0 radical (unpaired) electrons. The largest absolute Gasteiger partial charge is 0.481 e. The molecule has 0 aromatic carbocycles. The predicted octanol–water partition coefficient (Wildman–Crippen LogP) is -3.55. The number of hydrogen-bond acceptors (Lipinski definition) is 9. The maximum Gasteiger partial charge on any atom is 0.326 e. The molecule has 5 unspecified atom stereocenters. The minimum absolute atomic E-state index is 0.0708. The van der Waals surface area contributed by atoms with E-state index in [-0.39, 0.29) is 6.42 Å². The first-order valence-electron chi connectivity index (χ1n) is 8.83. The highest BCUT2D eigenvalue weighted by Crippen LogP contribution is 2.04. The number of hydrogen-bond donors (Lipinski definition) is 8. The summed E-state index contributed by atoms with van der Waals surface area (Å²) in [4.78, 5) is 59.0. The molecule has 0 rings (SSSR count). The Balaban J connectivity index is 5.38. The summed E-state index contributed by atoms with van der Waals surface area (Å²) in [6.45, 7) is 0.431. The normalized spacial score (nSPS) is 15.8. The Hall–Kier alpha value is -2.42. The lowest BCUT2D eigenvalue weighted by Gasteiger charge is -2.25. The highest BCUT2D eigenvalue weighted by Gasteiger charge is 2.33. The van der Waals surface area contributed by atoms with Gasteiger partial charge in [0.25, 0.3) is 0 Å². The molecule has 0 aliphatic carbocycles. The van der Waals surface area contributed by atoms with Crippen molar-refractivity contribution in [3.05, 3.63) is 0 Å². The molecule has 9 N–H and O–H groups in total. The molecule has 0 aliphatic heterocycles. The number of aliphatic hydroxyl groups excluding tert-OH is 2. The van der Waals surface area contributed by atoms with Crippen LogP contribution in [-0.4, -0.2) is 99.0 Å². The molecule has 14 heteroatoms. The van der Waals surface area contributed by atoms with Crippen LogP contribution in [-0.2, 0) is 24.0 Å². The second-order valence-electron chi connectivity index (χ2n) is 6.36. The van der Waals surface area contributed by atoms with Gasteiger partial charge in [0.15, 0.2) is 0 Å². The van der Waals surface area contributed by atoms with Gasteiger partial charge in [-0.25, -0.2) is 4.79 Å². The molecular formula is C16H28N4O9S. The number of carboxylic acids is 2. The minimum atomic E-state index is -1.67. The van der Waals surface area contributed by atoms with Crippen molar-refractivity contribution in [3.8, 4) is 0 Å². The van der Waals surface area contributed by atoms with Gasteiger partial charge in [-0.3, -0.25) is 19.2 Å². The summed E-state index contributed by atoms with van der Waals surface area (Å²) in [7, 11) is 0. The third-order valence-electron chi connectivity index (χ3n) is 3.83. The predicted molar refractivity (Wildman–Crippen MR) is 105 cm³/mol. The number of carboxylic acid groups (broad SMARTS) is 2. The second-order valence-corrected chi connectivity index (χ2v) is 7.34. The Morgan fingerprint density at radius 2 is 1.53 bits per heavy atom. The van der Waals surface area contributed by atoms with Crippen molar-refractivity contribution < 1.29 is 44.4 Å². The SMILES string of the molecule is CSCCC(NC(=O)C(CC(=O)O)NC(=O)C(NC(=O)C(N)CO)C(C)O)C(=O)O. The minimum Gasteiger partial charge on any atom is -0.481 e. The van der Waals surface area contributed by atoms with Crippen LogP contribution in [0.25, 0.3) is 0 Å². The highest BCUT2D eigenvalue weighted by molar-refractivity contribution is 7.98. The number of carbonyl (C=O) groups excluding carboxylic acids is 3. The van der Waals surface area contributed by atoms with Crippen LogP contribution in [0.5, 0.6) is 0 Å². The summed E-state index contributed by atoms with van der Waals surface area (Å²) in [6.07, 6.45) is -0.520. The number of carbonyl (C=O) groups is 5. The average molecular weight is 452 g/mol. The van der Waals surface area contributed by atoms with Gasteiger partial charge in [0, 0.05) is 0 Å². The number of aliphatic hydroxyl groups is 2. The first kappa shape index (κ1) is 27.6. The van der Waals surface area contributed by atoms with E-state index in [2.05, 4.69) is 16.0 Å². The molecule has 172 valence electrons. The maximum atomic E-state index is 12.4.